The second kappa shape index (κ2) is 9.64. The zero-order valence-corrected chi connectivity index (χ0v) is 14.0. The molecule has 0 aromatic heterocycles. The highest BCUT2D eigenvalue weighted by atomic mass is 16.5. The van der Waals surface area contributed by atoms with Crippen LogP contribution in [-0.2, 0) is 9.53 Å². The van der Waals surface area contributed by atoms with Crippen LogP contribution in [0.1, 0.15) is 47.0 Å². The summed E-state index contributed by atoms with van der Waals surface area (Å²) < 4.78 is 5.11. The van der Waals surface area contributed by atoms with Gasteiger partial charge in [-0.05, 0) is 39.0 Å². The van der Waals surface area contributed by atoms with Crippen molar-refractivity contribution in [3.8, 4) is 0 Å². The summed E-state index contributed by atoms with van der Waals surface area (Å²) in [7, 11) is 0. The number of rotatable bonds is 6. The number of esters is 1. The quantitative estimate of drug-likeness (QED) is 0.464. The Kier molecular flexibility index (Phi) is 8.16. The van der Waals surface area contributed by atoms with Crippen LogP contribution in [0.25, 0.3) is 0 Å². The molecule has 0 aliphatic carbocycles. The molecule has 122 valence electrons. The molecule has 0 saturated carbocycles. The fourth-order valence-electron chi connectivity index (χ4n) is 2.44. The molecule has 0 bridgehead atoms. The van der Waals surface area contributed by atoms with Crippen molar-refractivity contribution in [3.63, 3.8) is 0 Å². The van der Waals surface area contributed by atoms with Crippen LogP contribution in [0.3, 0.4) is 0 Å². The van der Waals surface area contributed by atoms with Gasteiger partial charge in [-0.25, -0.2) is 0 Å². The molecule has 0 spiro atoms. The van der Waals surface area contributed by atoms with Crippen LogP contribution in [0, 0.1) is 11.8 Å². The van der Waals surface area contributed by atoms with Gasteiger partial charge in [-0.2, -0.15) is 0 Å². The number of nitrogens with one attached hydrogen (secondary N) is 1. The first kappa shape index (κ1) is 17.8. The van der Waals surface area contributed by atoms with Crippen LogP contribution in [0.15, 0.2) is 4.99 Å². The van der Waals surface area contributed by atoms with Crippen molar-refractivity contribution in [2.75, 3.05) is 32.8 Å². The first-order valence-electron chi connectivity index (χ1n) is 8.28. The molecule has 1 saturated heterocycles. The summed E-state index contributed by atoms with van der Waals surface area (Å²) in [5, 5.41) is 3.36. The van der Waals surface area contributed by atoms with Crippen LogP contribution in [0.2, 0.25) is 0 Å². The van der Waals surface area contributed by atoms with Gasteiger partial charge in [-0.1, -0.05) is 13.8 Å². The minimum atomic E-state index is -0.0427. The Morgan fingerprint density at radius 3 is 2.52 bits per heavy atom. The summed E-state index contributed by atoms with van der Waals surface area (Å²) in [4.78, 5) is 18.7. The van der Waals surface area contributed by atoms with Gasteiger partial charge in [0.05, 0.1) is 12.5 Å². The minimum absolute atomic E-state index is 0.0427. The first-order valence-corrected chi connectivity index (χ1v) is 8.28. The molecule has 21 heavy (non-hydrogen) atoms. The maximum absolute atomic E-state index is 11.8. The lowest BCUT2D eigenvalue weighted by atomic mass is 9.97. The number of nitrogens with zero attached hydrogens (tertiary/aromatic N) is 2. The zero-order chi connectivity index (χ0) is 15.7. The normalized spacial score (nSPS) is 17.2. The van der Waals surface area contributed by atoms with E-state index in [2.05, 4.69) is 31.0 Å². The standard InChI is InChI=1S/C16H31N3O2/c1-5-17-16(18-10-7-13(3)4)19-11-8-14(9-12-19)15(20)21-6-2/h13-14H,5-12H2,1-4H3,(H,17,18). The molecule has 1 heterocycles. The van der Waals surface area contributed by atoms with Crippen molar-refractivity contribution in [2.45, 2.75) is 47.0 Å². The number of carbonyl (C=O) groups is 1. The minimum Gasteiger partial charge on any atom is -0.466 e. The van der Waals surface area contributed by atoms with E-state index in [-0.39, 0.29) is 11.9 Å². The SMILES string of the molecule is CCNC(=NCCC(C)C)N1CCC(C(=O)OCC)CC1. The Morgan fingerprint density at radius 2 is 2.00 bits per heavy atom. The molecule has 5 heteroatoms. The summed E-state index contributed by atoms with van der Waals surface area (Å²) in [6.45, 7) is 12.3. The molecule has 5 nitrogen and oxygen atoms in total. The number of piperidine rings is 1. The highest BCUT2D eigenvalue weighted by Gasteiger charge is 2.27. The van der Waals surface area contributed by atoms with E-state index in [0.29, 0.717) is 12.5 Å². The molecular weight excluding hydrogens is 266 g/mol. The number of likely N-dealkylation sites (tertiary alicyclic amines) is 1. The molecule has 0 aromatic carbocycles. The third kappa shape index (κ3) is 6.36. The van der Waals surface area contributed by atoms with Gasteiger partial charge in [0.15, 0.2) is 5.96 Å². The van der Waals surface area contributed by atoms with Crippen LogP contribution in [0.5, 0.6) is 0 Å². The lowest BCUT2D eigenvalue weighted by molar-refractivity contribution is -0.149. The lowest BCUT2D eigenvalue weighted by Crippen LogP contribution is -2.46. The van der Waals surface area contributed by atoms with Crippen molar-refractivity contribution in [1.29, 1.82) is 0 Å². The van der Waals surface area contributed by atoms with Gasteiger partial charge >= 0.3 is 5.97 Å². The van der Waals surface area contributed by atoms with E-state index < -0.39 is 0 Å². The van der Waals surface area contributed by atoms with Gasteiger partial charge in [0.25, 0.3) is 0 Å². The third-order valence-corrected chi connectivity index (χ3v) is 3.72. The topological polar surface area (TPSA) is 53.9 Å². The summed E-state index contributed by atoms with van der Waals surface area (Å²) in [5.41, 5.74) is 0. The average Bonchev–Trinajstić information content (AvgIpc) is 2.46. The van der Waals surface area contributed by atoms with Crippen LogP contribution >= 0.6 is 0 Å². The van der Waals surface area contributed by atoms with Crippen molar-refractivity contribution in [3.05, 3.63) is 0 Å². The van der Waals surface area contributed by atoms with Gasteiger partial charge < -0.3 is 15.0 Å². The number of carbonyl (C=O) groups excluding carboxylic acids is 1. The van der Waals surface area contributed by atoms with E-state index in [1.807, 2.05) is 6.92 Å². The van der Waals surface area contributed by atoms with E-state index in [9.17, 15) is 4.79 Å². The van der Waals surface area contributed by atoms with Gasteiger partial charge in [0.2, 0.25) is 0 Å². The summed E-state index contributed by atoms with van der Waals surface area (Å²) in [6, 6.07) is 0. The molecule has 1 aliphatic rings. The van der Waals surface area contributed by atoms with E-state index in [0.717, 1.165) is 51.4 Å². The molecule has 0 atom stereocenters. The number of hydrogen-bond acceptors (Lipinski definition) is 3. The second-order valence-corrected chi connectivity index (χ2v) is 5.93. The highest BCUT2D eigenvalue weighted by molar-refractivity contribution is 5.80. The third-order valence-electron chi connectivity index (χ3n) is 3.72. The summed E-state index contributed by atoms with van der Waals surface area (Å²) >= 11 is 0. The zero-order valence-electron chi connectivity index (χ0n) is 14.0. The molecule has 1 fully saturated rings. The Hall–Kier alpha value is -1.26. The Morgan fingerprint density at radius 1 is 1.33 bits per heavy atom. The van der Waals surface area contributed by atoms with Crippen molar-refractivity contribution < 1.29 is 9.53 Å². The molecular formula is C16H31N3O2. The Bertz CT molecular complexity index is 334. The molecule has 0 amide bonds. The number of aliphatic imine (C=N–C) groups is 1. The molecule has 1 rings (SSSR count). The predicted molar refractivity (Wildman–Crippen MR) is 86.4 cm³/mol. The van der Waals surface area contributed by atoms with Crippen molar-refractivity contribution in [2.24, 2.45) is 16.8 Å². The van der Waals surface area contributed by atoms with Gasteiger partial charge in [-0.3, -0.25) is 9.79 Å². The molecule has 0 aromatic rings. The van der Waals surface area contributed by atoms with Crippen molar-refractivity contribution in [1.82, 2.24) is 10.2 Å². The number of guanidine groups is 1. The summed E-state index contributed by atoms with van der Waals surface area (Å²) in [5.74, 6) is 1.67. The largest absolute Gasteiger partial charge is 0.466 e. The van der Waals surface area contributed by atoms with Gasteiger partial charge in [0.1, 0.15) is 0 Å². The smallest absolute Gasteiger partial charge is 0.309 e. The van der Waals surface area contributed by atoms with Gasteiger partial charge in [-0.15, -0.1) is 0 Å². The summed E-state index contributed by atoms with van der Waals surface area (Å²) in [6.07, 6.45) is 2.81. The highest BCUT2D eigenvalue weighted by Crippen LogP contribution is 2.18. The average molecular weight is 297 g/mol. The van der Waals surface area contributed by atoms with Crippen LogP contribution < -0.4 is 5.32 Å². The first-order chi connectivity index (χ1) is 10.1. The fourth-order valence-corrected chi connectivity index (χ4v) is 2.44. The molecule has 1 aliphatic heterocycles. The molecule has 0 radical (unpaired) electrons. The number of ether oxygens (including phenoxy) is 1. The second-order valence-electron chi connectivity index (χ2n) is 5.93. The Labute approximate surface area is 129 Å². The number of hydrogen-bond donors (Lipinski definition) is 1. The van der Waals surface area contributed by atoms with E-state index >= 15 is 0 Å². The predicted octanol–water partition coefficient (Wildman–Crippen LogP) is 2.27. The van der Waals surface area contributed by atoms with Crippen LogP contribution in [0.4, 0.5) is 0 Å². The molecule has 1 N–H and O–H groups in total. The Balaban J connectivity index is 2.49. The fraction of sp³-hybridized carbons (Fsp3) is 0.875. The van der Waals surface area contributed by atoms with E-state index in [4.69, 9.17) is 9.73 Å². The maximum atomic E-state index is 11.8. The van der Waals surface area contributed by atoms with Crippen molar-refractivity contribution >= 4 is 11.9 Å². The van der Waals surface area contributed by atoms with E-state index in [1.54, 1.807) is 0 Å². The monoisotopic (exact) mass is 297 g/mol. The lowest BCUT2D eigenvalue weighted by Gasteiger charge is -2.33. The van der Waals surface area contributed by atoms with Crippen LogP contribution in [-0.4, -0.2) is 49.6 Å². The van der Waals surface area contributed by atoms with E-state index in [1.165, 1.54) is 0 Å². The molecule has 0 unspecified atom stereocenters. The van der Waals surface area contributed by atoms with Gasteiger partial charge in [0, 0.05) is 26.2 Å². The maximum Gasteiger partial charge on any atom is 0.309 e.